The minimum Gasteiger partial charge on any atom is -0.475 e. The Kier molecular flexibility index (Phi) is 11.9. The van der Waals surface area contributed by atoms with Gasteiger partial charge in [-0.2, -0.15) is 0 Å². The molecule has 2 aromatic carbocycles. The highest BCUT2D eigenvalue weighted by atomic mass is 16.5. The zero-order valence-corrected chi connectivity index (χ0v) is 27.1. The fraction of sp³-hybridized carbons (Fsp3) is 0.444. The third-order valence-corrected chi connectivity index (χ3v) is 8.00. The fourth-order valence-electron chi connectivity index (χ4n) is 5.55. The summed E-state index contributed by atoms with van der Waals surface area (Å²) < 4.78 is 14.5. The smallest absolute Gasteiger partial charge is 0.345 e. The highest BCUT2D eigenvalue weighted by Crippen LogP contribution is 2.21. The highest BCUT2D eigenvalue weighted by molar-refractivity contribution is 5.98. The first-order valence-electron chi connectivity index (χ1n) is 16.0. The van der Waals surface area contributed by atoms with Crippen molar-refractivity contribution in [2.75, 3.05) is 7.11 Å². The average Bonchev–Trinajstić information content (AvgIpc) is 3.59. The summed E-state index contributed by atoms with van der Waals surface area (Å²) in [5.41, 5.74) is 5.46. The van der Waals surface area contributed by atoms with Crippen LogP contribution in [0.25, 0.3) is 0 Å². The van der Waals surface area contributed by atoms with Crippen LogP contribution in [0.15, 0.2) is 83.3 Å². The standard InChI is InChI=1S/C36H50N6O/c1-7-10-11-12-13-14-23-42-27-25-40(5)36(42)34(43-6)38-32-21-17-30(18-22-32)28-29-15-19-31(20-16-29)37-33(8-2)35-39(4)24-26-41(35)9-3/h15-22,24-27H,7-14,23,28H2,1-6H3/q+2. The predicted molar refractivity (Wildman–Crippen MR) is 176 cm³/mol. The summed E-state index contributed by atoms with van der Waals surface area (Å²) in [5.74, 6) is 2.78. The molecule has 4 aromatic rings. The third-order valence-electron chi connectivity index (χ3n) is 8.00. The summed E-state index contributed by atoms with van der Waals surface area (Å²) in [6, 6.07) is 17.1. The molecule has 7 heteroatoms. The Labute approximate surface area is 258 Å². The van der Waals surface area contributed by atoms with Gasteiger partial charge >= 0.3 is 17.5 Å². The molecule has 0 bridgehead atoms. The first-order valence-corrected chi connectivity index (χ1v) is 16.0. The number of aliphatic imine (C=N–C) groups is 2. The molecule has 2 aromatic heterocycles. The van der Waals surface area contributed by atoms with Crippen molar-refractivity contribution in [3.8, 4) is 0 Å². The lowest BCUT2D eigenvalue weighted by Gasteiger charge is -2.07. The maximum atomic E-state index is 5.79. The molecule has 0 spiro atoms. The molecule has 0 radical (unpaired) electrons. The van der Waals surface area contributed by atoms with Crippen LogP contribution in [0.5, 0.6) is 0 Å². The minimum absolute atomic E-state index is 0.633. The number of ether oxygens (including phenoxy) is 1. The fourth-order valence-corrected chi connectivity index (χ4v) is 5.55. The van der Waals surface area contributed by atoms with E-state index < -0.39 is 0 Å². The topological polar surface area (TPSA) is 51.6 Å². The van der Waals surface area contributed by atoms with Crippen LogP contribution in [0.4, 0.5) is 11.4 Å². The lowest BCUT2D eigenvalue weighted by Crippen LogP contribution is -2.36. The Hall–Kier alpha value is -4.00. The number of rotatable bonds is 15. The number of imidazole rings is 2. The van der Waals surface area contributed by atoms with Crippen LogP contribution >= 0.6 is 0 Å². The molecule has 0 aliphatic rings. The molecular formula is C36H50N6O+2. The summed E-state index contributed by atoms with van der Waals surface area (Å²) in [6.45, 7) is 8.49. The quantitative estimate of drug-likeness (QED) is 0.0635. The van der Waals surface area contributed by atoms with Gasteiger partial charge in [-0.25, -0.2) is 28.3 Å². The van der Waals surface area contributed by atoms with Crippen molar-refractivity contribution in [3.63, 3.8) is 0 Å². The van der Waals surface area contributed by atoms with Gasteiger partial charge < -0.3 is 4.74 Å². The first kappa shape index (κ1) is 31.9. The van der Waals surface area contributed by atoms with Gasteiger partial charge in [-0.05, 0) is 68.0 Å². The van der Waals surface area contributed by atoms with Crippen LogP contribution in [-0.4, -0.2) is 27.9 Å². The maximum absolute atomic E-state index is 5.79. The van der Waals surface area contributed by atoms with Crippen molar-refractivity contribution < 1.29 is 13.9 Å². The molecule has 43 heavy (non-hydrogen) atoms. The van der Waals surface area contributed by atoms with Gasteiger partial charge in [-0.3, -0.25) is 0 Å². The lowest BCUT2D eigenvalue weighted by molar-refractivity contribution is -0.672. The Morgan fingerprint density at radius 3 is 1.84 bits per heavy atom. The Bertz CT molecular complexity index is 1490. The van der Waals surface area contributed by atoms with Gasteiger partial charge in [0.1, 0.15) is 30.5 Å². The van der Waals surface area contributed by atoms with Crippen LogP contribution < -0.4 is 9.13 Å². The largest absolute Gasteiger partial charge is 0.475 e. The van der Waals surface area contributed by atoms with E-state index in [0.29, 0.717) is 5.90 Å². The Morgan fingerprint density at radius 2 is 1.26 bits per heavy atom. The summed E-state index contributed by atoms with van der Waals surface area (Å²) in [5, 5.41) is 0. The molecule has 0 saturated carbocycles. The molecule has 0 amide bonds. The van der Waals surface area contributed by atoms with Gasteiger partial charge in [0, 0.05) is 0 Å². The van der Waals surface area contributed by atoms with E-state index in [4.69, 9.17) is 14.7 Å². The molecule has 228 valence electrons. The van der Waals surface area contributed by atoms with Crippen LogP contribution in [-0.2, 0) is 38.3 Å². The van der Waals surface area contributed by atoms with Crippen molar-refractivity contribution in [2.45, 2.75) is 85.2 Å². The molecule has 0 unspecified atom stereocenters. The predicted octanol–water partition coefficient (Wildman–Crippen LogP) is 7.17. The first-order chi connectivity index (χ1) is 21.0. The van der Waals surface area contributed by atoms with Gasteiger partial charge in [-0.15, -0.1) is 0 Å². The number of unbranched alkanes of at least 4 members (excludes halogenated alkanes) is 5. The molecule has 0 N–H and O–H groups in total. The molecule has 2 heterocycles. The zero-order chi connectivity index (χ0) is 30.6. The second-order valence-electron chi connectivity index (χ2n) is 11.3. The van der Waals surface area contributed by atoms with Crippen molar-refractivity contribution in [1.82, 2.24) is 9.13 Å². The van der Waals surface area contributed by atoms with E-state index in [2.05, 4.69) is 119 Å². The molecule has 0 aliphatic carbocycles. The number of benzene rings is 2. The SMILES string of the molecule is CCCCCCCCn1cc[n+](C)c1C(=Nc1ccc(Cc2ccc(N=C(CC)c3n(CC)cc[n+]3C)cc2)cc1)OC. The van der Waals surface area contributed by atoms with E-state index in [9.17, 15) is 0 Å². The second kappa shape index (κ2) is 16.0. The molecule has 7 nitrogen and oxygen atoms in total. The van der Waals surface area contributed by atoms with E-state index in [1.807, 2.05) is 7.05 Å². The van der Waals surface area contributed by atoms with Crippen LogP contribution in [0, 0.1) is 0 Å². The highest BCUT2D eigenvalue weighted by Gasteiger charge is 2.22. The van der Waals surface area contributed by atoms with E-state index in [0.717, 1.165) is 61.1 Å². The van der Waals surface area contributed by atoms with Crippen molar-refractivity contribution in [1.29, 1.82) is 0 Å². The van der Waals surface area contributed by atoms with Crippen LogP contribution in [0.1, 0.15) is 88.5 Å². The molecular weight excluding hydrogens is 532 g/mol. The molecule has 4 rings (SSSR count). The van der Waals surface area contributed by atoms with Gasteiger partial charge in [0.25, 0.3) is 0 Å². The van der Waals surface area contributed by atoms with Gasteiger partial charge in [0.2, 0.25) is 0 Å². The molecule has 0 fully saturated rings. The Balaban J connectivity index is 1.41. The molecule has 0 atom stereocenters. The number of hydrogen-bond acceptors (Lipinski definition) is 3. The van der Waals surface area contributed by atoms with Crippen molar-refractivity contribution in [3.05, 3.63) is 96.1 Å². The molecule has 0 saturated heterocycles. The molecule has 0 aliphatic heterocycles. The van der Waals surface area contributed by atoms with Crippen molar-refractivity contribution in [2.24, 2.45) is 24.1 Å². The van der Waals surface area contributed by atoms with Crippen LogP contribution in [0.2, 0.25) is 0 Å². The number of methoxy groups -OCH3 is 1. The minimum atomic E-state index is 0.633. The number of aromatic nitrogens is 4. The summed E-state index contributed by atoms with van der Waals surface area (Å²) >= 11 is 0. The van der Waals surface area contributed by atoms with E-state index in [1.54, 1.807) is 7.11 Å². The number of nitrogens with zero attached hydrogens (tertiary/aromatic N) is 6. The van der Waals surface area contributed by atoms with E-state index in [1.165, 1.54) is 43.2 Å². The monoisotopic (exact) mass is 582 g/mol. The van der Waals surface area contributed by atoms with Crippen molar-refractivity contribution >= 4 is 23.0 Å². The van der Waals surface area contributed by atoms with Crippen LogP contribution in [0.3, 0.4) is 0 Å². The number of aryl methyl sites for hydroxylation is 4. The zero-order valence-electron chi connectivity index (χ0n) is 27.1. The Morgan fingerprint density at radius 1 is 0.698 bits per heavy atom. The summed E-state index contributed by atoms with van der Waals surface area (Å²) in [6.07, 6.45) is 17.8. The summed E-state index contributed by atoms with van der Waals surface area (Å²) in [7, 11) is 5.83. The van der Waals surface area contributed by atoms with Gasteiger partial charge in [-0.1, -0.05) is 63.8 Å². The van der Waals surface area contributed by atoms with E-state index in [-0.39, 0.29) is 0 Å². The van der Waals surface area contributed by atoms with Gasteiger partial charge in [0.15, 0.2) is 0 Å². The average molecular weight is 583 g/mol. The lowest BCUT2D eigenvalue weighted by atomic mass is 10.0. The normalized spacial score (nSPS) is 12.2. The number of hydrogen-bond donors (Lipinski definition) is 0. The maximum Gasteiger partial charge on any atom is 0.345 e. The second-order valence-corrected chi connectivity index (χ2v) is 11.3. The van der Waals surface area contributed by atoms with E-state index >= 15 is 0 Å². The summed E-state index contributed by atoms with van der Waals surface area (Å²) in [4.78, 5) is 9.87. The van der Waals surface area contributed by atoms with Gasteiger partial charge in [0.05, 0.1) is 45.7 Å². The third kappa shape index (κ3) is 8.53.